The zero-order chi connectivity index (χ0) is 14.4. The second-order valence-corrected chi connectivity index (χ2v) is 6.35. The van der Waals surface area contributed by atoms with E-state index in [0.717, 1.165) is 17.2 Å². The van der Waals surface area contributed by atoms with E-state index in [1.54, 1.807) is 11.8 Å². The first-order valence-electron chi connectivity index (χ1n) is 6.57. The summed E-state index contributed by atoms with van der Waals surface area (Å²) in [6.45, 7) is 2.11. The van der Waals surface area contributed by atoms with Crippen LogP contribution in [0.2, 0.25) is 5.02 Å². The summed E-state index contributed by atoms with van der Waals surface area (Å²) in [7, 11) is 0. The third-order valence-electron chi connectivity index (χ3n) is 3.05. The van der Waals surface area contributed by atoms with Gasteiger partial charge in [0.15, 0.2) is 0 Å². The van der Waals surface area contributed by atoms with Crippen LogP contribution >= 0.6 is 23.4 Å². The Bertz CT molecular complexity index is 560. The summed E-state index contributed by atoms with van der Waals surface area (Å²) in [5, 5.41) is 0.769. The van der Waals surface area contributed by atoms with Gasteiger partial charge >= 0.3 is 0 Å². The highest BCUT2D eigenvalue weighted by molar-refractivity contribution is 7.99. The van der Waals surface area contributed by atoms with Crippen molar-refractivity contribution in [3.8, 4) is 0 Å². The summed E-state index contributed by atoms with van der Waals surface area (Å²) >= 11 is 7.75. The number of hydrogen-bond donors (Lipinski definition) is 2. The van der Waals surface area contributed by atoms with Crippen LogP contribution in [0, 0.1) is 6.92 Å². The Labute approximate surface area is 129 Å². The van der Waals surface area contributed by atoms with Gasteiger partial charge in [0.1, 0.15) is 0 Å². The number of benzene rings is 2. The fourth-order valence-corrected chi connectivity index (χ4v) is 3.29. The third-order valence-corrected chi connectivity index (χ3v) is 4.44. The Balaban J connectivity index is 1.92. The maximum atomic E-state index is 5.99. The lowest BCUT2D eigenvalue weighted by molar-refractivity contribution is 0.575. The average Bonchev–Trinajstić information content (AvgIpc) is 2.43. The predicted molar refractivity (Wildman–Crippen MR) is 88.2 cm³/mol. The van der Waals surface area contributed by atoms with E-state index in [4.69, 9.17) is 17.4 Å². The highest BCUT2D eigenvalue weighted by Gasteiger charge is 2.09. The molecule has 3 N–H and O–H groups in total. The van der Waals surface area contributed by atoms with Crippen molar-refractivity contribution in [2.75, 3.05) is 5.75 Å². The van der Waals surface area contributed by atoms with Crippen molar-refractivity contribution >= 4 is 23.4 Å². The molecule has 0 bridgehead atoms. The van der Waals surface area contributed by atoms with Crippen molar-refractivity contribution in [3.05, 3.63) is 64.7 Å². The lowest BCUT2D eigenvalue weighted by Gasteiger charge is -2.16. The molecule has 106 valence electrons. The lowest BCUT2D eigenvalue weighted by atomic mass is 10.1. The molecule has 1 atom stereocenters. The van der Waals surface area contributed by atoms with Crippen LogP contribution in [0.15, 0.2) is 53.4 Å². The van der Waals surface area contributed by atoms with Crippen molar-refractivity contribution in [2.45, 2.75) is 24.3 Å². The Kier molecular flexibility index (Phi) is 5.92. The molecule has 4 heteroatoms. The molecule has 0 fully saturated rings. The van der Waals surface area contributed by atoms with Gasteiger partial charge in [-0.2, -0.15) is 0 Å². The molecule has 2 aromatic carbocycles. The van der Waals surface area contributed by atoms with Gasteiger partial charge in [-0.05, 0) is 37.1 Å². The van der Waals surface area contributed by atoms with Gasteiger partial charge in [-0.25, -0.2) is 0 Å². The lowest BCUT2D eigenvalue weighted by Crippen LogP contribution is -2.38. The van der Waals surface area contributed by atoms with Gasteiger partial charge in [0, 0.05) is 21.7 Å². The van der Waals surface area contributed by atoms with Gasteiger partial charge in [-0.1, -0.05) is 47.5 Å². The summed E-state index contributed by atoms with van der Waals surface area (Å²) in [5.74, 6) is 6.57. The average molecular weight is 307 g/mol. The van der Waals surface area contributed by atoms with Crippen molar-refractivity contribution in [1.82, 2.24) is 5.43 Å². The molecule has 0 amide bonds. The number of hydrazine groups is 1. The highest BCUT2D eigenvalue weighted by Crippen LogP contribution is 2.22. The van der Waals surface area contributed by atoms with Gasteiger partial charge < -0.3 is 0 Å². The summed E-state index contributed by atoms with van der Waals surface area (Å²) < 4.78 is 0. The van der Waals surface area contributed by atoms with Crippen molar-refractivity contribution in [1.29, 1.82) is 0 Å². The Morgan fingerprint density at radius 1 is 1.20 bits per heavy atom. The molecule has 0 aliphatic heterocycles. The quantitative estimate of drug-likeness (QED) is 0.484. The molecule has 0 saturated carbocycles. The number of rotatable bonds is 6. The van der Waals surface area contributed by atoms with Gasteiger partial charge in [0.2, 0.25) is 0 Å². The van der Waals surface area contributed by atoms with E-state index in [1.807, 2.05) is 18.2 Å². The predicted octanol–water partition coefficient (Wildman–Crippen LogP) is 3.82. The molecular weight excluding hydrogens is 288 g/mol. The molecule has 0 radical (unpaired) electrons. The van der Waals surface area contributed by atoms with Crippen molar-refractivity contribution in [2.24, 2.45) is 5.84 Å². The van der Waals surface area contributed by atoms with E-state index in [2.05, 4.69) is 42.7 Å². The van der Waals surface area contributed by atoms with Gasteiger partial charge in [-0.15, -0.1) is 11.8 Å². The zero-order valence-corrected chi connectivity index (χ0v) is 13.0. The third kappa shape index (κ3) is 4.84. The van der Waals surface area contributed by atoms with E-state index < -0.39 is 0 Å². The van der Waals surface area contributed by atoms with Crippen molar-refractivity contribution < 1.29 is 0 Å². The SMILES string of the molecule is Cc1cccc(CC(CSc2cccc(Cl)c2)NN)c1. The summed E-state index contributed by atoms with van der Waals surface area (Å²) in [4.78, 5) is 1.17. The number of aryl methyl sites for hydroxylation is 1. The van der Waals surface area contributed by atoms with Crippen LogP contribution in [0.5, 0.6) is 0 Å². The molecule has 0 aliphatic carbocycles. The van der Waals surface area contributed by atoms with Crippen LogP contribution in [-0.4, -0.2) is 11.8 Å². The zero-order valence-electron chi connectivity index (χ0n) is 11.5. The molecule has 0 saturated heterocycles. The van der Waals surface area contributed by atoms with Crippen LogP contribution in [0.3, 0.4) is 0 Å². The van der Waals surface area contributed by atoms with E-state index >= 15 is 0 Å². The first-order valence-corrected chi connectivity index (χ1v) is 7.94. The Morgan fingerprint density at radius 2 is 2.00 bits per heavy atom. The molecule has 0 spiro atoms. The highest BCUT2D eigenvalue weighted by atomic mass is 35.5. The second-order valence-electron chi connectivity index (χ2n) is 4.83. The maximum absolute atomic E-state index is 5.99. The number of hydrogen-bond acceptors (Lipinski definition) is 3. The first kappa shape index (κ1) is 15.4. The smallest absolute Gasteiger partial charge is 0.0417 e. The van der Waals surface area contributed by atoms with E-state index in [1.165, 1.54) is 16.0 Å². The maximum Gasteiger partial charge on any atom is 0.0417 e. The minimum Gasteiger partial charge on any atom is -0.271 e. The monoisotopic (exact) mass is 306 g/mol. The molecule has 2 rings (SSSR count). The molecule has 0 aromatic heterocycles. The van der Waals surface area contributed by atoms with E-state index in [0.29, 0.717) is 0 Å². The molecule has 20 heavy (non-hydrogen) atoms. The number of nitrogens with two attached hydrogens (primary N) is 1. The normalized spacial score (nSPS) is 12.3. The minimum atomic E-state index is 0.237. The minimum absolute atomic E-state index is 0.237. The number of thioether (sulfide) groups is 1. The van der Waals surface area contributed by atoms with Gasteiger partial charge in [0.25, 0.3) is 0 Å². The van der Waals surface area contributed by atoms with E-state index in [-0.39, 0.29) is 6.04 Å². The molecule has 0 heterocycles. The van der Waals surface area contributed by atoms with Crippen LogP contribution in [0.25, 0.3) is 0 Å². The second kappa shape index (κ2) is 7.70. The van der Waals surface area contributed by atoms with Gasteiger partial charge in [-0.3, -0.25) is 11.3 Å². The molecular formula is C16H19ClN2S. The molecule has 2 nitrogen and oxygen atoms in total. The van der Waals surface area contributed by atoms with Crippen LogP contribution < -0.4 is 11.3 Å². The first-order chi connectivity index (χ1) is 9.67. The molecule has 2 aromatic rings. The van der Waals surface area contributed by atoms with Gasteiger partial charge in [0.05, 0.1) is 0 Å². The summed E-state index contributed by atoms with van der Waals surface area (Å²) in [5.41, 5.74) is 5.48. The molecule has 0 aliphatic rings. The largest absolute Gasteiger partial charge is 0.271 e. The summed E-state index contributed by atoms with van der Waals surface area (Å²) in [6.07, 6.45) is 0.922. The van der Waals surface area contributed by atoms with Crippen LogP contribution in [-0.2, 0) is 6.42 Å². The topological polar surface area (TPSA) is 38.0 Å². The van der Waals surface area contributed by atoms with E-state index in [9.17, 15) is 0 Å². The van der Waals surface area contributed by atoms with Crippen LogP contribution in [0.1, 0.15) is 11.1 Å². The standard InChI is InChI=1S/C16H19ClN2S/c1-12-4-2-5-13(8-12)9-15(19-18)11-20-16-7-3-6-14(17)10-16/h2-8,10,15,19H,9,11,18H2,1H3. The summed E-state index contributed by atoms with van der Waals surface area (Å²) in [6, 6.07) is 16.7. The Hall–Kier alpha value is -1.00. The fourth-order valence-electron chi connectivity index (χ4n) is 2.04. The number of halogens is 1. The van der Waals surface area contributed by atoms with Crippen LogP contribution in [0.4, 0.5) is 0 Å². The fraction of sp³-hybridized carbons (Fsp3) is 0.250. The molecule has 1 unspecified atom stereocenters. The Morgan fingerprint density at radius 3 is 2.70 bits per heavy atom. The number of nitrogens with one attached hydrogen (secondary N) is 1. The van der Waals surface area contributed by atoms with Crippen molar-refractivity contribution in [3.63, 3.8) is 0 Å².